The minimum Gasteiger partial charge on any atom is -0.449 e. The molecule has 0 fully saturated rings. The van der Waals surface area contributed by atoms with E-state index in [1.165, 1.54) is 19.1 Å². The molecule has 0 aromatic heterocycles. The van der Waals surface area contributed by atoms with E-state index < -0.39 is 33.5 Å². The van der Waals surface area contributed by atoms with E-state index >= 15 is 0 Å². The number of anilines is 1. The summed E-state index contributed by atoms with van der Waals surface area (Å²) in [5, 5.41) is 24.3. The van der Waals surface area contributed by atoms with Crippen LogP contribution in [0.15, 0.2) is 36.4 Å². The van der Waals surface area contributed by atoms with E-state index in [4.69, 9.17) is 27.9 Å². The van der Waals surface area contributed by atoms with Gasteiger partial charge < -0.3 is 10.1 Å². The first-order valence-electron chi connectivity index (χ1n) is 7.50. The Kier molecular flexibility index (Phi) is 6.49. The highest BCUT2D eigenvalue weighted by Gasteiger charge is 2.26. The van der Waals surface area contributed by atoms with Gasteiger partial charge in [-0.25, -0.2) is 4.79 Å². The fraction of sp³-hybridized carbons (Fsp3) is 0.125. The van der Waals surface area contributed by atoms with Crippen LogP contribution in [-0.4, -0.2) is 27.8 Å². The number of carbonyl (C=O) groups is 2. The monoisotopic (exact) mass is 427 g/mol. The van der Waals surface area contributed by atoms with Gasteiger partial charge in [-0.3, -0.25) is 25.0 Å². The summed E-state index contributed by atoms with van der Waals surface area (Å²) in [7, 11) is 0. The van der Waals surface area contributed by atoms with Crippen molar-refractivity contribution in [2.75, 3.05) is 5.32 Å². The Morgan fingerprint density at radius 2 is 1.75 bits per heavy atom. The number of nitro groups is 2. The third kappa shape index (κ3) is 4.93. The smallest absolute Gasteiger partial charge is 0.345 e. The standard InChI is InChI=1S/C16H11Cl2N3O7/c1-8(15(22)19-13-7-10(20(24)25)3-5-12(13)18)28-16(23)11-4-2-9(17)6-14(11)21(26)27/h2-8H,1H3,(H,19,22). The van der Waals surface area contributed by atoms with Crippen LogP contribution in [0, 0.1) is 20.2 Å². The summed E-state index contributed by atoms with van der Waals surface area (Å²) in [6, 6.07) is 6.76. The van der Waals surface area contributed by atoms with E-state index in [-0.39, 0.29) is 27.0 Å². The lowest BCUT2D eigenvalue weighted by Gasteiger charge is -2.14. The third-order valence-corrected chi connectivity index (χ3v) is 4.01. The van der Waals surface area contributed by atoms with E-state index in [9.17, 15) is 29.8 Å². The number of nitrogens with zero attached hydrogens (tertiary/aromatic N) is 2. The van der Waals surface area contributed by atoms with Gasteiger partial charge >= 0.3 is 5.97 Å². The zero-order chi connectivity index (χ0) is 21.0. The average molecular weight is 428 g/mol. The third-order valence-electron chi connectivity index (χ3n) is 3.45. The van der Waals surface area contributed by atoms with Crippen molar-refractivity contribution in [1.29, 1.82) is 0 Å². The minimum absolute atomic E-state index is 0.0332. The predicted molar refractivity (Wildman–Crippen MR) is 99.7 cm³/mol. The van der Waals surface area contributed by atoms with E-state index in [2.05, 4.69) is 5.32 Å². The summed E-state index contributed by atoms with van der Waals surface area (Å²) in [5.74, 6) is -1.96. The van der Waals surface area contributed by atoms with E-state index in [1.54, 1.807) is 0 Å². The summed E-state index contributed by atoms with van der Waals surface area (Å²) in [4.78, 5) is 44.8. The van der Waals surface area contributed by atoms with Crippen molar-refractivity contribution in [3.05, 3.63) is 72.2 Å². The fourth-order valence-corrected chi connectivity index (χ4v) is 2.39. The Hall–Kier alpha value is -3.24. The lowest BCUT2D eigenvalue weighted by Crippen LogP contribution is -2.30. The van der Waals surface area contributed by atoms with Crippen molar-refractivity contribution < 1.29 is 24.2 Å². The molecule has 2 rings (SSSR count). The fourth-order valence-electron chi connectivity index (χ4n) is 2.06. The van der Waals surface area contributed by atoms with Gasteiger partial charge in [-0.05, 0) is 25.1 Å². The minimum atomic E-state index is -1.38. The average Bonchev–Trinajstić information content (AvgIpc) is 2.62. The molecular weight excluding hydrogens is 417 g/mol. The Morgan fingerprint density at radius 1 is 1.07 bits per heavy atom. The maximum Gasteiger partial charge on any atom is 0.345 e. The van der Waals surface area contributed by atoms with Crippen molar-refractivity contribution >= 4 is 52.1 Å². The van der Waals surface area contributed by atoms with Crippen molar-refractivity contribution in [2.45, 2.75) is 13.0 Å². The molecule has 0 aliphatic rings. The number of non-ortho nitro benzene ring substituents is 1. The van der Waals surface area contributed by atoms with E-state index in [0.29, 0.717) is 0 Å². The van der Waals surface area contributed by atoms with Gasteiger partial charge in [-0.2, -0.15) is 0 Å². The second kappa shape index (κ2) is 8.63. The second-order valence-electron chi connectivity index (χ2n) is 5.38. The van der Waals surface area contributed by atoms with Crippen LogP contribution in [0.3, 0.4) is 0 Å². The number of rotatable bonds is 6. The molecule has 0 bridgehead atoms. The largest absolute Gasteiger partial charge is 0.449 e. The highest BCUT2D eigenvalue weighted by molar-refractivity contribution is 6.33. The van der Waals surface area contributed by atoms with Crippen molar-refractivity contribution in [2.24, 2.45) is 0 Å². The number of nitro benzene ring substituents is 2. The van der Waals surface area contributed by atoms with E-state index in [1.807, 2.05) is 0 Å². The molecule has 0 spiro atoms. The molecule has 2 aromatic rings. The van der Waals surface area contributed by atoms with Gasteiger partial charge in [0.2, 0.25) is 0 Å². The molecule has 1 atom stereocenters. The maximum atomic E-state index is 12.2. The number of halogens is 2. The van der Waals surface area contributed by atoms with Crippen LogP contribution in [0.4, 0.5) is 17.1 Å². The summed E-state index contributed by atoms with van der Waals surface area (Å²) in [5.41, 5.74) is -1.32. The Labute approximate surface area is 167 Å². The molecule has 10 nitrogen and oxygen atoms in total. The zero-order valence-electron chi connectivity index (χ0n) is 14.0. The first kappa shape index (κ1) is 21.1. The van der Waals surface area contributed by atoms with Gasteiger partial charge in [-0.1, -0.05) is 23.2 Å². The van der Waals surface area contributed by atoms with E-state index in [0.717, 1.165) is 24.3 Å². The van der Waals surface area contributed by atoms with Gasteiger partial charge in [0.15, 0.2) is 6.10 Å². The molecule has 0 radical (unpaired) electrons. The molecule has 28 heavy (non-hydrogen) atoms. The number of benzene rings is 2. The van der Waals surface area contributed by atoms with Gasteiger partial charge in [0.25, 0.3) is 17.3 Å². The van der Waals surface area contributed by atoms with Crippen LogP contribution in [0.25, 0.3) is 0 Å². The lowest BCUT2D eigenvalue weighted by atomic mass is 10.2. The molecular formula is C16H11Cl2N3O7. The van der Waals surface area contributed by atoms with Crippen LogP contribution in [0.2, 0.25) is 10.0 Å². The van der Waals surface area contributed by atoms with Gasteiger partial charge in [-0.15, -0.1) is 0 Å². The summed E-state index contributed by atoms with van der Waals surface area (Å²) < 4.78 is 4.94. The number of nitrogens with one attached hydrogen (secondary N) is 1. The molecule has 0 saturated heterocycles. The van der Waals surface area contributed by atoms with Crippen LogP contribution >= 0.6 is 23.2 Å². The molecule has 1 N–H and O–H groups in total. The van der Waals surface area contributed by atoms with Crippen LogP contribution < -0.4 is 5.32 Å². The SMILES string of the molecule is CC(OC(=O)c1ccc(Cl)cc1[N+](=O)[O-])C(=O)Nc1cc([N+](=O)[O-])ccc1Cl. The number of hydrogen-bond acceptors (Lipinski definition) is 7. The first-order valence-corrected chi connectivity index (χ1v) is 8.25. The van der Waals surface area contributed by atoms with Crippen molar-refractivity contribution in [1.82, 2.24) is 0 Å². The highest BCUT2D eigenvalue weighted by Crippen LogP contribution is 2.27. The van der Waals surface area contributed by atoms with Crippen molar-refractivity contribution in [3.63, 3.8) is 0 Å². The first-order chi connectivity index (χ1) is 13.1. The zero-order valence-corrected chi connectivity index (χ0v) is 15.6. The highest BCUT2D eigenvalue weighted by atomic mass is 35.5. The molecule has 1 amide bonds. The number of amides is 1. The molecule has 1 unspecified atom stereocenters. The Bertz CT molecular complexity index is 981. The number of hydrogen-bond donors (Lipinski definition) is 1. The molecule has 0 heterocycles. The Morgan fingerprint density at radius 3 is 2.36 bits per heavy atom. The van der Waals surface area contributed by atoms with Crippen LogP contribution in [0.1, 0.15) is 17.3 Å². The second-order valence-corrected chi connectivity index (χ2v) is 6.22. The maximum absolute atomic E-state index is 12.2. The van der Waals surface area contributed by atoms with Gasteiger partial charge in [0, 0.05) is 23.2 Å². The van der Waals surface area contributed by atoms with Gasteiger partial charge in [0.1, 0.15) is 5.56 Å². The quantitative estimate of drug-likeness (QED) is 0.416. The summed E-state index contributed by atoms with van der Waals surface area (Å²) >= 11 is 11.6. The topological polar surface area (TPSA) is 142 Å². The van der Waals surface area contributed by atoms with Gasteiger partial charge in [0.05, 0.1) is 20.6 Å². The molecule has 0 aliphatic carbocycles. The Balaban J connectivity index is 2.15. The van der Waals surface area contributed by atoms with Crippen LogP contribution in [-0.2, 0) is 9.53 Å². The molecule has 0 saturated carbocycles. The lowest BCUT2D eigenvalue weighted by molar-refractivity contribution is -0.385. The molecule has 12 heteroatoms. The summed E-state index contributed by atoms with van der Waals surface area (Å²) in [6.45, 7) is 1.22. The summed E-state index contributed by atoms with van der Waals surface area (Å²) in [6.07, 6.45) is -1.38. The normalized spacial score (nSPS) is 11.4. The predicted octanol–water partition coefficient (Wildman–Crippen LogP) is 3.99. The molecule has 2 aromatic carbocycles. The van der Waals surface area contributed by atoms with Crippen molar-refractivity contribution in [3.8, 4) is 0 Å². The molecule has 0 aliphatic heterocycles. The number of esters is 1. The van der Waals surface area contributed by atoms with Crippen LogP contribution in [0.5, 0.6) is 0 Å². The molecule has 146 valence electrons. The number of carbonyl (C=O) groups excluding carboxylic acids is 2. The number of ether oxygens (including phenoxy) is 1.